The Bertz CT molecular complexity index is 1140. The Balaban J connectivity index is 2.39. The number of anilines is 1. The summed E-state index contributed by atoms with van der Waals surface area (Å²) in [5.74, 6) is -1.31. The molecule has 0 aromatic heterocycles. The van der Waals surface area contributed by atoms with Gasteiger partial charge in [0, 0.05) is 12.6 Å². The lowest BCUT2D eigenvalue weighted by Crippen LogP contribution is -2.52. The lowest BCUT2D eigenvalue weighted by Gasteiger charge is -2.32. The summed E-state index contributed by atoms with van der Waals surface area (Å²) >= 11 is 0. The second-order valence-electron chi connectivity index (χ2n) is 10.2. The van der Waals surface area contributed by atoms with Crippen molar-refractivity contribution in [3.63, 3.8) is 0 Å². The first kappa shape index (κ1) is 29.3. The van der Waals surface area contributed by atoms with E-state index in [9.17, 15) is 22.4 Å². The molecular weight excluding hydrogens is 481 g/mol. The molecule has 7 nitrogen and oxygen atoms in total. The minimum absolute atomic E-state index is 0.0226. The molecule has 198 valence electrons. The molecule has 0 radical (unpaired) electrons. The molecule has 0 saturated heterocycles. The van der Waals surface area contributed by atoms with Gasteiger partial charge in [-0.15, -0.1) is 0 Å². The number of hydrogen-bond donors (Lipinski definition) is 1. The lowest BCUT2D eigenvalue weighted by molar-refractivity contribution is -0.139. The van der Waals surface area contributed by atoms with Gasteiger partial charge in [-0.2, -0.15) is 0 Å². The van der Waals surface area contributed by atoms with Crippen LogP contribution in [0, 0.1) is 5.82 Å². The van der Waals surface area contributed by atoms with E-state index >= 15 is 0 Å². The van der Waals surface area contributed by atoms with Crippen LogP contribution in [0.15, 0.2) is 48.5 Å². The quantitative estimate of drug-likeness (QED) is 0.509. The maximum absolute atomic E-state index is 13.5. The number of benzene rings is 2. The summed E-state index contributed by atoms with van der Waals surface area (Å²) in [5.41, 5.74) is 1.89. The van der Waals surface area contributed by atoms with E-state index in [-0.39, 0.29) is 23.9 Å². The van der Waals surface area contributed by atoms with Gasteiger partial charge in [0.2, 0.25) is 21.8 Å². The van der Waals surface area contributed by atoms with Crippen LogP contribution < -0.4 is 9.62 Å². The van der Waals surface area contributed by atoms with Crippen molar-refractivity contribution in [3.8, 4) is 0 Å². The molecule has 0 spiro atoms. The number of amides is 2. The minimum atomic E-state index is -3.81. The van der Waals surface area contributed by atoms with Crippen LogP contribution in [0.2, 0.25) is 0 Å². The van der Waals surface area contributed by atoms with Gasteiger partial charge in [-0.1, -0.05) is 52.0 Å². The molecule has 2 aromatic carbocycles. The van der Waals surface area contributed by atoms with Gasteiger partial charge in [0.25, 0.3) is 0 Å². The molecule has 2 atom stereocenters. The first-order chi connectivity index (χ1) is 16.6. The number of hydrogen-bond acceptors (Lipinski definition) is 4. The highest BCUT2D eigenvalue weighted by molar-refractivity contribution is 7.92. The predicted molar refractivity (Wildman–Crippen MR) is 142 cm³/mol. The number of carbonyl (C=O) groups excluding carboxylic acids is 2. The second-order valence-corrected chi connectivity index (χ2v) is 12.1. The molecule has 0 unspecified atom stereocenters. The normalized spacial score (nSPS) is 13.6. The maximum Gasteiger partial charge on any atom is 0.244 e. The topological polar surface area (TPSA) is 86.8 Å². The van der Waals surface area contributed by atoms with Crippen LogP contribution in [-0.4, -0.2) is 50.0 Å². The summed E-state index contributed by atoms with van der Waals surface area (Å²) in [7, 11) is -3.81. The molecule has 0 fully saturated rings. The van der Waals surface area contributed by atoms with E-state index in [1.54, 1.807) is 19.1 Å². The van der Waals surface area contributed by atoms with Crippen LogP contribution in [0.25, 0.3) is 0 Å². The van der Waals surface area contributed by atoms with Crippen molar-refractivity contribution in [1.29, 1.82) is 0 Å². The van der Waals surface area contributed by atoms with Crippen LogP contribution in [-0.2, 0) is 31.6 Å². The molecule has 0 saturated carbocycles. The molecule has 2 rings (SSSR count). The predicted octanol–water partition coefficient (Wildman–Crippen LogP) is 4.22. The van der Waals surface area contributed by atoms with Crippen LogP contribution in [0.1, 0.15) is 59.1 Å². The van der Waals surface area contributed by atoms with Crippen molar-refractivity contribution in [3.05, 3.63) is 65.5 Å². The first-order valence-electron chi connectivity index (χ1n) is 12.1. The van der Waals surface area contributed by atoms with E-state index in [4.69, 9.17) is 0 Å². The summed E-state index contributed by atoms with van der Waals surface area (Å²) in [6, 6.07) is 11.7. The summed E-state index contributed by atoms with van der Waals surface area (Å²) in [6.45, 7) is 11.1. The van der Waals surface area contributed by atoms with Gasteiger partial charge >= 0.3 is 0 Å². The van der Waals surface area contributed by atoms with E-state index < -0.39 is 34.3 Å². The fourth-order valence-corrected chi connectivity index (χ4v) is 4.43. The van der Waals surface area contributed by atoms with Gasteiger partial charge in [-0.25, -0.2) is 12.8 Å². The van der Waals surface area contributed by atoms with E-state index in [0.717, 1.165) is 22.5 Å². The van der Waals surface area contributed by atoms with Crippen molar-refractivity contribution >= 4 is 27.5 Å². The van der Waals surface area contributed by atoms with Crippen molar-refractivity contribution in [2.45, 2.75) is 72.0 Å². The van der Waals surface area contributed by atoms with Crippen LogP contribution in [0.4, 0.5) is 10.1 Å². The first-order valence-corrected chi connectivity index (χ1v) is 13.9. The Morgan fingerprint density at radius 1 is 1.00 bits per heavy atom. The molecule has 0 bridgehead atoms. The second kappa shape index (κ2) is 11.9. The van der Waals surface area contributed by atoms with Gasteiger partial charge in [0.1, 0.15) is 18.4 Å². The van der Waals surface area contributed by atoms with Crippen LogP contribution in [0.3, 0.4) is 0 Å². The third-order valence-electron chi connectivity index (χ3n) is 6.14. The van der Waals surface area contributed by atoms with E-state index in [0.29, 0.717) is 11.3 Å². The fraction of sp³-hybridized carbons (Fsp3) is 0.481. The smallest absolute Gasteiger partial charge is 0.244 e. The molecule has 9 heteroatoms. The summed E-state index contributed by atoms with van der Waals surface area (Å²) in [5, 5.41) is 2.87. The van der Waals surface area contributed by atoms with Gasteiger partial charge < -0.3 is 10.2 Å². The Hall–Kier alpha value is -2.94. The van der Waals surface area contributed by atoms with Crippen molar-refractivity contribution in [2.24, 2.45) is 0 Å². The highest BCUT2D eigenvalue weighted by Gasteiger charge is 2.30. The summed E-state index contributed by atoms with van der Waals surface area (Å²) in [6.07, 6.45) is 1.76. The van der Waals surface area contributed by atoms with Gasteiger partial charge in [-0.3, -0.25) is 13.9 Å². The zero-order chi connectivity index (χ0) is 27.3. The molecule has 0 aliphatic carbocycles. The average molecular weight is 520 g/mol. The van der Waals surface area contributed by atoms with Gasteiger partial charge in [0.15, 0.2) is 0 Å². The molecule has 2 amide bonds. The Morgan fingerprint density at radius 3 is 2.03 bits per heavy atom. The zero-order valence-corrected chi connectivity index (χ0v) is 23.0. The average Bonchev–Trinajstić information content (AvgIpc) is 2.80. The molecule has 0 heterocycles. The molecule has 36 heavy (non-hydrogen) atoms. The van der Waals surface area contributed by atoms with Gasteiger partial charge in [0.05, 0.1) is 11.9 Å². The fourth-order valence-electron chi connectivity index (χ4n) is 3.58. The third-order valence-corrected chi connectivity index (χ3v) is 7.28. The third kappa shape index (κ3) is 8.05. The van der Waals surface area contributed by atoms with E-state index in [2.05, 4.69) is 26.1 Å². The van der Waals surface area contributed by atoms with Gasteiger partial charge in [-0.05, 0) is 61.1 Å². The summed E-state index contributed by atoms with van der Waals surface area (Å²) < 4.78 is 39.8. The molecule has 2 aromatic rings. The van der Waals surface area contributed by atoms with Crippen molar-refractivity contribution < 1.29 is 22.4 Å². The molecule has 0 aliphatic rings. The largest absolute Gasteiger partial charge is 0.352 e. The minimum Gasteiger partial charge on any atom is -0.352 e. The molecular formula is C27H38FN3O4S. The zero-order valence-electron chi connectivity index (χ0n) is 22.2. The van der Waals surface area contributed by atoms with E-state index in [1.807, 2.05) is 26.0 Å². The number of halogens is 1. The van der Waals surface area contributed by atoms with Crippen molar-refractivity contribution in [2.75, 3.05) is 17.1 Å². The Morgan fingerprint density at radius 2 is 1.56 bits per heavy atom. The monoisotopic (exact) mass is 519 g/mol. The molecule has 0 aliphatic heterocycles. The lowest BCUT2D eigenvalue weighted by atomic mass is 9.87. The Kier molecular flexibility index (Phi) is 9.65. The molecule has 1 N–H and O–H groups in total. The number of nitrogens with one attached hydrogen (secondary N) is 1. The number of sulfonamides is 1. The van der Waals surface area contributed by atoms with E-state index in [1.165, 1.54) is 29.2 Å². The Labute approximate surface area is 214 Å². The highest BCUT2D eigenvalue weighted by atomic mass is 32.2. The maximum atomic E-state index is 13.5. The SMILES string of the molecule is CC[C@@H](C)NC(=O)[C@H](C)N(Cc1ccc(F)cc1)C(=O)CN(c1ccc(C(C)(C)C)cc1)S(C)(=O)=O. The number of carbonyl (C=O) groups is 2. The standard InChI is InChI=1S/C27H38FN3O4S/c1-8-19(2)29-26(33)20(3)30(17-21-9-13-23(28)14-10-21)25(32)18-31(36(7,34)35)24-15-11-22(12-16-24)27(4,5)6/h9-16,19-20H,8,17-18H2,1-7H3,(H,29,33)/t19-,20+/m1/s1. The summed E-state index contributed by atoms with van der Waals surface area (Å²) in [4.78, 5) is 27.8. The van der Waals surface area contributed by atoms with Crippen LogP contribution >= 0.6 is 0 Å². The number of rotatable bonds is 10. The van der Waals surface area contributed by atoms with Crippen LogP contribution in [0.5, 0.6) is 0 Å². The van der Waals surface area contributed by atoms with Crippen molar-refractivity contribution in [1.82, 2.24) is 10.2 Å². The highest BCUT2D eigenvalue weighted by Crippen LogP contribution is 2.26. The number of nitrogens with zero attached hydrogens (tertiary/aromatic N) is 2.